The minimum Gasteiger partial charge on any atom is -0.392 e. The molecule has 106 valence electrons. The van der Waals surface area contributed by atoms with Crippen LogP contribution in [0.1, 0.15) is 39.5 Å². The summed E-state index contributed by atoms with van der Waals surface area (Å²) in [5.74, 6) is 1.07. The largest absolute Gasteiger partial charge is 0.392 e. The van der Waals surface area contributed by atoms with Gasteiger partial charge in [0.15, 0.2) is 0 Å². The number of thioether (sulfide) groups is 1. The van der Waals surface area contributed by atoms with E-state index in [0.29, 0.717) is 5.92 Å². The Balaban J connectivity index is 2.48. The number of aliphatic hydroxyl groups is 1. The van der Waals surface area contributed by atoms with Crippen LogP contribution in [-0.4, -0.2) is 40.7 Å². The number of nitrogens with one attached hydrogen (secondary N) is 1. The van der Waals surface area contributed by atoms with Crippen molar-refractivity contribution in [3.05, 3.63) is 0 Å². The number of aliphatic hydroxyl groups excluding tert-OH is 1. The summed E-state index contributed by atoms with van der Waals surface area (Å²) in [6.07, 6.45) is 3.66. The van der Waals surface area contributed by atoms with E-state index in [1.54, 1.807) is 11.8 Å². The van der Waals surface area contributed by atoms with Crippen LogP contribution < -0.4 is 11.1 Å². The van der Waals surface area contributed by atoms with E-state index in [1.165, 1.54) is 0 Å². The molecule has 0 bridgehead atoms. The smallest absolute Gasteiger partial charge is 0.238 e. The third-order valence-electron chi connectivity index (χ3n) is 4.23. The average Bonchev–Trinajstić information content (AvgIpc) is 2.73. The molecule has 0 heterocycles. The first-order valence-corrected chi connectivity index (χ1v) is 7.77. The second kappa shape index (κ2) is 6.78. The van der Waals surface area contributed by atoms with Crippen LogP contribution in [0.5, 0.6) is 0 Å². The molecule has 0 aromatic carbocycles. The number of rotatable bonds is 7. The van der Waals surface area contributed by atoms with Crippen molar-refractivity contribution in [2.75, 3.05) is 12.8 Å². The molecule has 4 nitrogen and oxygen atoms in total. The molecular formula is C13H26N2O2S. The predicted octanol–water partition coefficient (Wildman–Crippen LogP) is 1.12. The molecule has 4 unspecified atom stereocenters. The Bertz CT molecular complexity index is 286. The van der Waals surface area contributed by atoms with E-state index in [0.717, 1.165) is 31.4 Å². The zero-order valence-corrected chi connectivity index (χ0v) is 12.4. The van der Waals surface area contributed by atoms with Gasteiger partial charge >= 0.3 is 0 Å². The van der Waals surface area contributed by atoms with Gasteiger partial charge in [-0.05, 0) is 44.9 Å². The van der Waals surface area contributed by atoms with Crippen molar-refractivity contribution in [3.8, 4) is 0 Å². The third-order valence-corrected chi connectivity index (χ3v) is 5.62. The summed E-state index contributed by atoms with van der Waals surface area (Å²) in [5, 5.41) is 12.8. The molecule has 4 atom stereocenters. The second-order valence-corrected chi connectivity index (χ2v) is 6.77. The van der Waals surface area contributed by atoms with Gasteiger partial charge < -0.3 is 16.2 Å². The molecule has 1 fully saturated rings. The number of nitrogens with two attached hydrogens (primary N) is 1. The van der Waals surface area contributed by atoms with Gasteiger partial charge in [0.05, 0.1) is 6.10 Å². The van der Waals surface area contributed by atoms with Crippen molar-refractivity contribution >= 4 is 17.7 Å². The molecule has 0 spiro atoms. The first-order valence-electron chi connectivity index (χ1n) is 6.72. The number of likely N-dealkylation sites (N-methyl/N-ethyl adjacent to an activating group) is 1. The maximum atomic E-state index is 11.7. The molecule has 1 rings (SSSR count). The molecule has 4 N–H and O–H groups in total. The number of amides is 1. The summed E-state index contributed by atoms with van der Waals surface area (Å²) >= 11 is 1.76. The van der Waals surface area contributed by atoms with Gasteiger partial charge in [0, 0.05) is 5.25 Å². The molecule has 0 saturated heterocycles. The van der Waals surface area contributed by atoms with Gasteiger partial charge in [-0.15, -0.1) is 0 Å². The molecule has 1 amide bonds. The Morgan fingerprint density at radius 3 is 2.78 bits per heavy atom. The van der Waals surface area contributed by atoms with Gasteiger partial charge in [-0.1, -0.05) is 13.3 Å². The molecule has 0 radical (unpaired) electrons. The zero-order chi connectivity index (χ0) is 13.8. The van der Waals surface area contributed by atoms with E-state index < -0.39 is 5.54 Å². The van der Waals surface area contributed by atoms with Crippen LogP contribution in [-0.2, 0) is 4.79 Å². The minimum absolute atomic E-state index is 0.221. The third kappa shape index (κ3) is 3.39. The van der Waals surface area contributed by atoms with E-state index >= 15 is 0 Å². The zero-order valence-electron chi connectivity index (χ0n) is 11.6. The van der Waals surface area contributed by atoms with Gasteiger partial charge in [0.25, 0.3) is 0 Å². The first-order chi connectivity index (χ1) is 8.44. The summed E-state index contributed by atoms with van der Waals surface area (Å²) in [5.41, 5.74) is 5.06. The molecule has 1 aliphatic carbocycles. The Kier molecular flexibility index (Phi) is 5.95. The van der Waals surface area contributed by atoms with Crippen LogP contribution in [0.15, 0.2) is 0 Å². The van der Waals surface area contributed by atoms with E-state index in [1.807, 2.05) is 20.9 Å². The summed E-state index contributed by atoms with van der Waals surface area (Å²) < 4.78 is 0. The van der Waals surface area contributed by atoms with Crippen molar-refractivity contribution in [3.63, 3.8) is 0 Å². The fourth-order valence-corrected chi connectivity index (χ4v) is 3.85. The molecule has 1 aliphatic rings. The fourth-order valence-electron chi connectivity index (χ4n) is 2.78. The maximum absolute atomic E-state index is 11.7. The van der Waals surface area contributed by atoms with Gasteiger partial charge in [-0.25, -0.2) is 0 Å². The lowest BCUT2D eigenvalue weighted by Crippen LogP contribution is -2.56. The highest BCUT2D eigenvalue weighted by Crippen LogP contribution is 2.38. The van der Waals surface area contributed by atoms with Crippen molar-refractivity contribution in [1.29, 1.82) is 0 Å². The van der Waals surface area contributed by atoms with E-state index in [-0.39, 0.29) is 17.3 Å². The number of hydrogen-bond acceptors (Lipinski definition) is 4. The molecule has 0 aliphatic heterocycles. The topological polar surface area (TPSA) is 75.3 Å². The highest BCUT2D eigenvalue weighted by atomic mass is 32.2. The maximum Gasteiger partial charge on any atom is 0.238 e. The van der Waals surface area contributed by atoms with Gasteiger partial charge in [0.2, 0.25) is 5.91 Å². The second-order valence-electron chi connectivity index (χ2n) is 5.28. The Morgan fingerprint density at radius 2 is 2.28 bits per heavy atom. The van der Waals surface area contributed by atoms with E-state index in [4.69, 9.17) is 5.73 Å². The van der Waals surface area contributed by atoms with Crippen molar-refractivity contribution in [2.24, 2.45) is 11.7 Å². The number of hydrogen-bond donors (Lipinski definition) is 3. The summed E-state index contributed by atoms with van der Waals surface area (Å²) in [6.45, 7) is 3.85. The molecule has 0 aromatic heterocycles. The molecule has 0 aromatic rings. The van der Waals surface area contributed by atoms with E-state index in [2.05, 4.69) is 5.32 Å². The monoisotopic (exact) mass is 274 g/mol. The van der Waals surface area contributed by atoms with Crippen LogP contribution in [0.2, 0.25) is 0 Å². The van der Waals surface area contributed by atoms with Crippen molar-refractivity contribution < 1.29 is 9.90 Å². The lowest BCUT2D eigenvalue weighted by atomic mass is 9.84. The predicted molar refractivity (Wildman–Crippen MR) is 76.5 cm³/mol. The van der Waals surface area contributed by atoms with Crippen LogP contribution in [0.25, 0.3) is 0 Å². The summed E-state index contributed by atoms with van der Waals surface area (Å²) in [7, 11) is 1.83. The van der Waals surface area contributed by atoms with Gasteiger partial charge in [0.1, 0.15) is 5.54 Å². The number of carbonyl (C=O) groups excluding carboxylic acids is 1. The van der Waals surface area contributed by atoms with Crippen molar-refractivity contribution in [1.82, 2.24) is 5.32 Å². The number of primary amides is 1. The highest BCUT2D eigenvalue weighted by molar-refractivity contribution is 7.99. The van der Waals surface area contributed by atoms with Crippen LogP contribution in [0, 0.1) is 5.92 Å². The van der Waals surface area contributed by atoms with Gasteiger partial charge in [-0.3, -0.25) is 4.79 Å². The lowest BCUT2D eigenvalue weighted by molar-refractivity contribution is -0.125. The molecule has 5 heteroatoms. The normalized spacial score (nSPS) is 31.2. The fraction of sp³-hybridized carbons (Fsp3) is 0.923. The Labute approximate surface area is 114 Å². The quantitative estimate of drug-likeness (QED) is 0.650. The summed E-state index contributed by atoms with van der Waals surface area (Å²) in [4.78, 5) is 11.7. The van der Waals surface area contributed by atoms with Crippen LogP contribution in [0.4, 0.5) is 0 Å². The highest BCUT2D eigenvalue weighted by Gasteiger charge is 2.46. The molecule has 1 saturated carbocycles. The molecule has 18 heavy (non-hydrogen) atoms. The first kappa shape index (κ1) is 15.8. The van der Waals surface area contributed by atoms with Crippen LogP contribution in [0.3, 0.4) is 0 Å². The average molecular weight is 274 g/mol. The number of carbonyl (C=O) groups is 1. The SMILES string of the molecule is CNC1(C(N)=O)CCCC1CCSC(C)C(C)O. The van der Waals surface area contributed by atoms with E-state index in [9.17, 15) is 9.90 Å². The Morgan fingerprint density at radius 1 is 1.61 bits per heavy atom. The summed E-state index contributed by atoms with van der Waals surface area (Å²) in [6, 6.07) is 0. The molecular weight excluding hydrogens is 248 g/mol. The Hall–Kier alpha value is -0.260. The van der Waals surface area contributed by atoms with Crippen LogP contribution >= 0.6 is 11.8 Å². The van der Waals surface area contributed by atoms with Crippen molar-refractivity contribution in [2.45, 2.75) is 56.4 Å². The standard InChI is InChI=1S/C13H26N2O2S/c1-9(16)10(2)18-8-6-11-5-4-7-13(11,15-3)12(14)17/h9-11,15-16H,4-8H2,1-3H3,(H2,14,17). The lowest BCUT2D eigenvalue weighted by Gasteiger charge is -2.32. The minimum atomic E-state index is -0.505. The van der Waals surface area contributed by atoms with Gasteiger partial charge in [-0.2, -0.15) is 11.8 Å².